The minimum Gasteiger partial charge on any atom is -0.433 e. The van der Waals surface area contributed by atoms with Crippen LogP contribution in [0.3, 0.4) is 0 Å². The van der Waals surface area contributed by atoms with Crippen molar-refractivity contribution in [2.75, 3.05) is 6.61 Å². The Morgan fingerprint density at radius 3 is 2.71 bits per heavy atom. The van der Waals surface area contributed by atoms with Gasteiger partial charge in [-0.05, 0) is 0 Å². The van der Waals surface area contributed by atoms with Gasteiger partial charge in [0.1, 0.15) is 18.3 Å². The van der Waals surface area contributed by atoms with Gasteiger partial charge in [0.25, 0.3) is 0 Å². The molecule has 4 unspecified atom stereocenters. The molecule has 1 aliphatic heterocycles. The van der Waals surface area contributed by atoms with Crippen LogP contribution >= 0.6 is 0 Å². The molecule has 82 valence electrons. The van der Waals surface area contributed by atoms with Crippen molar-refractivity contribution >= 4 is 5.97 Å². The number of hydrogen-bond acceptors (Lipinski definition) is 6. The van der Waals surface area contributed by atoms with E-state index >= 15 is 0 Å². The summed E-state index contributed by atoms with van der Waals surface area (Å²) in [7, 11) is 0. The number of aliphatic hydroxyl groups excluding tert-OH is 3. The molecule has 1 saturated heterocycles. The Morgan fingerprint density at radius 1 is 1.64 bits per heavy atom. The first kappa shape index (κ1) is 11.4. The van der Waals surface area contributed by atoms with E-state index < -0.39 is 30.6 Å². The monoisotopic (exact) mass is 206 g/mol. The van der Waals surface area contributed by atoms with E-state index in [0.717, 1.165) is 0 Å². The van der Waals surface area contributed by atoms with Gasteiger partial charge in [-0.3, -0.25) is 4.79 Å². The van der Waals surface area contributed by atoms with Crippen molar-refractivity contribution in [2.24, 2.45) is 0 Å². The minimum absolute atomic E-state index is 0.0768. The Balaban J connectivity index is 2.45. The number of carbonyl (C=O) groups is 1. The third-order valence-corrected chi connectivity index (χ3v) is 2.01. The highest BCUT2D eigenvalue weighted by Gasteiger charge is 2.40. The largest absolute Gasteiger partial charge is 0.433 e. The second kappa shape index (κ2) is 4.70. The van der Waals surface area contributed by atoms with Gasteiger partial charge in [0.15, 0.2) is 0 Å². The highest BCUT2D eigenvalue weighted by molar-refractivity contribution is 5.69. The van der Waals surface area contributed by atoms with Gasteiger partial charge in [-0.2, -0.15) is 0 Å². The Morgan fingerprint density at radius 2 is 2.29 bits per heavy atom. The maximum atomic E-state index is 10.8. The average molecular weight is 206 g/mol. The van der Waals surface area contributed by atoms with E-state index in [0.29, 0.717) is 0 Å². The molecular formula is C8H14O6. The summed E-state index contributed by atoms with van der Waals surface area (Å²) in [4.78, 5) is 10.8. The van der Waals surface area contributed by atoms with E-state index in [4.69, 9.17) is 9.84 Å². The number of hydrogen-bond donors (Lipinski definition) is 3. The van der Waals surface area contributed by atoms with Crippen LogP contribution in [-0.4, -0.2) is 52.5 Å². The molecule has 0 aromatic rings. The summed E-state index contributed by atoms with van der Waals surface area (Å²) >= 11 is 0. The molecule has 1 rings (SSSR count). The molecule has 0 spiro atoms. The lowest BCUT2D eigenvalue weighted by Gasteiger charge is -2.20. The van der Waals surface area contributed by atoms with Gasteiger partial charge in [-0.15, -0.1) is 0 Å². The Kier molecular flexibility index (Phi) is 3.82. The van der Waals surface area contributed by atoms with Crippen LogP contribution in [0.5, 0.6) is 0 Å². The smallest absolute Gasteiger partial charge is 0.307 e. The van der Waals surface area contributed by atoms with Crippen LogP contribution in [0.2, 0.25) is 0 Å². The number of ether oxygens (including phenoxy) is 2. The third-order valence-electron chi connectivity index (χ3n) is 2.01. The van der Waals surface area contributed by atoms with Gasteiger partial charge in [0.05, 0.1) is 6.61 Å². The molecule has 0 aromatic heterocycles. The SMILES string of the molecule is CCC(=O)OC(O)C1OCC(O)C1O. The first-order chi connectivity index (χ1) is 6.56. The molecule has 1 fully saturated rings. The summed E-state index contributed by atoms with van der Waals surface area (Å²) in [5.74, 6) is -0.588. The molecule has 0 amide bonds. The lowest BCUT2D eigenvalue weighted by molar-refractivity contribution is -0.196. The van der Waals surface area contributed by atoms with Crippen molar-refractivity contribution in [1.82, 2.24) is 0 Å². The van der Waals surface area contributed by atoms with Crippen molar-refractivity contribution in [3.05, 3.63) is 0 Å². The molecule has 3 N–H and O–H groups in total. The normalized spacial score (nSPS) is 34.1. The van der Waals surface area contributed by atoms with Crippen molar-refractivity contribution in [3.63, 3.8) is 0 Å². The van der Waals surface area contributed by atoms with Crippen LogP contribution in [0.4, 0.5) is 0 Å². The van der Waals surface area contributed by atoms with E-state index in [2.05, 4.69) is 4.74 Å². The fourth-order valence-corrected chi connectivity index (χ4v) is 1.16. The second-order valence-corrected chi connectivity index (χ2v) is 3.09. The maximum absolute atomic E-state index is 10.8. The molecule has 4 atom stereocenters. The van der Waals surface area contributed by atoms with Gasteiger partial charge in [0, 0.05) is 6.42 Å². The molecule has 0 radical (unpaired) electrons. The van der Waals surface area contributed by atoms with Crippen LogP contribution < -0.4 is 0 Å². The van der Waals surface area contributed by atoms with Crippen LogP contribution in [0, 0.1) is 0 Å². The first-order valence-corrected chi connectivity index (χ1v) is 4.41. The quantitative estimate of drug-likeness (QED) is 0.379. The van der Waals surface area contributed by atoms with Crippen LogP contribution in [0.25, 0.3) is 0 Å². The van der Waals surface area contributed by atoms with Crippen molar-refractivity contribution in [1.29, 1.82) is 0 Å². The summed E-state index contributed by atoms with van der Waals surface area (Å²) in [5, 5.41) is 27.7. The molecule has 14 heavy (non-hydrogen) atoms. The van der Waals surface area contributed by atoms with E-state index in [1.807, 2.05) is 0 Å². The number of aliphatic hydroxyl groups is 3. The predicted octanol–water partition coefficient (Wildman–Crippen LogP) is -1.62. The highest BCUT2D eigenvalue weighted by atomic mass is 16.7. The van der Waals surface area contributed by atoms with E-state index in [1.165, 1.54) is 0 Å². The fourth-order valence-electron chi connectivity index (χ4n) is 1.16. The molecule has 0 bridgehead atoms. The summed E-state index contributed by atoms with van der Waals surface area (Å²) < 4.78 is 9.38. The standard InChI is InChI=1S/C8H14O6/c1-2-5(10)14-8(12)7-6(11)4(9)3-13-7/h4,6-9,11-12H,2-3H2,1H3. The van der Waals surface area contributed by atoms with Gasteiger partial charge in [-0.25, -0.2) is 0 Å². The molecule has 0 aliphatic carbocycles. The molecule has 1 heterocycles. The Bertz CT molecular complexity index is 206. The molecule has 1 aliphatic rings. The molecule has 0 saturated carbocycles. The number of carbonyl (C=O) groups excluding carboxylic acids is 1. The van der Waals surface area contributed by atoms with Crippen molar-refractivity contribution in [2.45, 2.75) is 37.9 Å². The maximum Gasteiger partial charge on any atom is 0.307 e. The fraction of sp³-hybridized carbons (Fsp3) is 0.875. The zero-order valence-electron chi connectivity index (χ0n) is 7.79. The first-order valence-electron chi connectivity index (χ1n) is 4.41. The number of rotatable bonds is 3. The second-order valence-electron chi connectivity index (χ2n) is 3.09. The van der Waals surface area contributed by atoms with E-state index in [-0.39, 0.29) is 13.0 Å². The van der Waals surface area contributed by atoms with E-state index in [1.54, 1.807) is 6.92 Å². The van der Waals surface area contributed by atoms with Gasteiger partial charge < -0.3 is 24.8 Å². The summed E-state index contributed by atoms with van der Waals surface area (Å²) in [6.45, 7) is 1.50. The van der Waals surface area contributed by atoms with Crippen LogP contribution in [-0.2, 0) is 14.3 Å². The minimum atomic E-state index is -1.53. The molecule has 0 aromatic carbocycles. The zero-order valence-corrected chi connectivity index (χ0v) is 7.79. The van der Waals surface area contributed by atoms with E-state index in [9.17, 15) is 15.0 Å². The van der Waals surface area contributed by atoms with Crippen LogP contribution in [0.1, 0.15) is 13.3 Å². The predicted molar refractivity (Wildman–Crippen MR) is 44.1 cm³/mol. The molecule has 6 heteroatoms. The average Bonchev–Trinajstić information content (AvgIpc) is 2.47. The van der Waals surface area contributed by atoms with Crippen molar-refractivity contribution < 1.29 is 29.6 Å². The van der Waals surface area contributed by atoms with Gasteiger partial charge >= 0.3 is 5.97 Å². The van der Waals surface area contributed by atoms with Gasteiger partial charge in [-0.1, -0.05) is 6.92 Å². The highest BCUT2D eigenvalue weighted by Crippen LogP contribution is 2.18. The lowest BCUT2D eigenvalue weighted by atomic mass is 10.1. The van der Waals surface area contributed by atoms with Crippen molar-refractivity contribution in [3.8, 4) is 0 Å². The van der Waals surface area contributed by atoms with Crippen LogP contribution in [0.15, 0.2) is 0 Å². The summed E-state index contributed by atoms with van der Waals surface area (Å²) in [5.41, 5.74) is 0. The Hall–Kier alpha value is -0.690. The summed E-state index contributed by atoms with van der Waals surface area (Å²) in [6, 6.07) is 0. The topological polar surface area (TPSA) is 96.2 Å². The number of esters is 1. The summed E-state index contributed by atoms with van der Waals surface area (Å²) in [6.07, 6.45) is -4.75. The lowest BCUT2D eigenvalue weighted by Crippen LogP contribution is -2.40. The molecular weight excluding hydrogens is 192 g/mol. The van der Waals surface area contributed by atoms with Gasteiger partial charge in [0.2, 0.25) is 6.29 Å². The molecule has 6 nitrogen and oxygen atoms in total. The zero-order chi connectivity index (χ0) is 10.7. The Labute approximate surface area is 81.1 Å². The third kappa shape index (κ3) is 2.42.